The van der Waals surface area contributed by atoms with Gasteiger partial charge in [-0.3, -0.25) is 4.79 Å². The summed E-state index contributed by atoms with van der Waals surface area (Å²) in [7, 11) is 0. The summed E-state index contributed by atoms with van der Waals surface area (Å²) >= 11 is 1.79. The second-order valence-electron chi connectivity index (χ2n) is 7.26. The van der Waals surface area contributed by atoms with Gasteiger partial charge in [0.15, 0.2) is 5.60 Å². The number of ether oxygens (including phenoxy) is 1. The largest absolute Gasteiger partial charge is 0.371 e. The summed E-state index contributed by atoms with van der Waals surface area (Å²) in [6, 6.07) is 14.2. The number of rotatable bonds is 1. The van der Waals surface area contributed by atoms with Gasteiger partial charge in [-0.25, -0.2) is 0 Å². The highest BCUT2D eigenvalue weighted by atomic mass is 32.1. The molecule has 0 aliphatic carbocycles. The highest BCUT2D eigenvalue weighted by Gasteiger charge is 2.55. The number of amides is 1. The van der Waals surface area contributed by atoms with Crippen LogP contribution in [0.4, 0.5) is 5.69 Å². The van der Waals surface area contributed by atoms with Gasteiger partial charge in [0.2, 0.25) is 0 Å². The molecule has 1 aromatic heterocycles. The van der Waals surface area contributed by atoms with E-state index in [4.69, 9.17) is 4.74 Å². The summed E-state index contributed by atoms with van der Waals surface area (Å²) in [6.45, 7) is 4.86. The van der Waals surface area contributed by atoms with Gasteiger partial charge in [-0.15, -0.1) is 11.3 Å². The second kappa shape index (κ2) is 7.41. The van der Waals surface area contributed by atoms with E-state index in [1.54, 1.807) is 11.3 Å². The smallest absolute Gasteiger partial charge is 0.257 e. The van der Waals surface area contributed by atoms with E-state index in [1.807, 2.05) is 41.3 Å². The van der Waals surface area contributed by atoms with Crippen LogP contribution in [0.25, 0.3) is 0 Å². The van der Waals surface area contributed by atoms with Crippen molar-refractivity contribution in [2.24, 2.45) is 0 Å². The molecule has 4 nitrogen and oxygen atoms in total. The van der Waals surface area contributed by atoms with Crippen LogP contribution < -0.4 is 4.90 Å². The molecule has 0 saturated carbocycles. The topological polar surface area (TPSA) is 32.8 Å². The Balaban J connectivity index is 0.000000240. The van der Waals surface area contributed by atoms with E-state index in [0.717, 1.165) is 45.3 Å². The van der Waals surface area contributed by atoms with Crippen molar-refractivity contribution in [2.75, 3.05) is 24.5 Å². The van der Waals surface area contributed by atoms with Crippen LogP contribution in [0.5, 0.6) is 0 Å². The molecule has 26 heavy (non-hydrogen) atoms. The summed E-state index contributed by atoms with van der Waals surface area (Å²) in [6.07, 6.45) is 3.83. The SMILES string of the molecule is Cc1cc(N2CCC3(CC2)OC2CCCN2C3=O)cs1.c1ccccc1. The summed E-state index contributed by atoms with van der Waals surface area (Å²) in [5, 5.41) is 2.21. The zero-order valence-corrected chi connectivity index (χ0v) is 16.1. The van der Waals surface area contributed by atoms with Crippen LogP contribution in [0.2, 0.25) is 0 Å². The molecule has 5 heteroatoms. The van der Waals surface area contributed by atoms with Crippen LogP contribution in [-0.4, -0.2) is 42.3 Å². The fourth-order valence-electron chi connectivity index (χ4n) is 4.10. The number of benzene rings is 1. The average molecular weight is 371 g/mol. The Kier molecular flexibility index (Phi) is 5.00. The number of anilines is 1. The molecular weight excluding hydrogens is 344 g/mol. The number of hydrogen-bond acceptors (Lipinski definition) is 4. The lowest BCUT2D eigenvalue weighted by Gasteiger charge is -2.38. The Hall–Kier alpha value is -1.85. The van der Waals surface area contributed by atoms with Crippen LogP contribution >= 0.6 is 11.3 Å². The lowest BCUT2D eigenvalue weighted by molar-refractivity contribution is -0.139. The third-order valence-electron chi connectivity index (χ3n) is 5.53. The number of thiophene rings is 1. The minimum Gasteiger partial charge on any atom is -0.371 e. The van der Waals surface area contributed by atoms with Crippen LogP contribution in [0.1, 0.15) is 30.6 Å². The fraction of sp³-hybridized carbons (Fsp3) is 0.476. The van der Waals surface area contributed by atoms with Crippen molar-refractivity contribution in [2.45, 2.75) is 44.4 Å². The van der Waals surface area contributed by atoms with Crippen LogP contribution in [0, 0.1) is 6.92 Å². The minimum absolute atomic E-state index is 0.0671. The van der Waals surface area contributed by atoms with Gasteiger partial charge in [-0.2, -0.15) is 0 Å². The molecule has 4 heterocycles. The van der Waals surface area contributed by atoms with Crippen LogP contribution in [0.3, 0.4) is 0 Å². The maximum atomic E-state index is 12.6. The number of hydrogen-bond donors (Lipinski definition) is 0. The number of carbonyl (C=O) groups is 1. The Morgan fingerprint density at radius 2 is 1.73 bits per heavy atom. The first kappa shape index (κ1) is 17.6. The average Bonchev–Trinajstić information content (AvgIpc) is 3.37. The van der Waals surface area contributed by atoms with Crippen molar-refractivity contribution in [3.63, 3.8) is 0 Å². The van der Waals surface area contributed by atoms with Crippen molar-refractivity contribution in [3.8, 4) is 0 Å². The normalized spacial score (nSPS) is 23.7. The molecule has 3 aliphatic heterocycles. The van der Waals surface area contributed by atoms with E-state index >= 15 is 0 Å². The van der Waals surface area contributed by atoms with Crippen molar-refractivity contribution in [1.82, 2.24) is 4.90 Å². The number of nitrogens with zero attached hydrogens (tertiary/aromatic N) is 2. The van der Waals surface area contributed by atoms with E-state index in [2.05, 4.69) is 23.3 Å². The molecule has 1 spiro atoms. The third-order valence-corrected chi connectivity index (χ3v) is 6.38. The number of fused-ring (bicyclic) bond motifs is 1. The molecule has 138 valence electrons. The Morgan fingerprint density at radius 1 is 1.08 bits per heavy atom. The molecule has 5 rings (SSSR count). The monoisotopic (exact) mass is 370 g/mol. The zero-order chi connectivity index (χ0) is 18.0. The van der Waals surface area contributed by atoms with Gasteiger partial charge in [0.25, 0.3) is 5.91 Å². The highest BCUT2D eigenvalue weighted by molar-refractivity contribution is 7.10. The van der Waals surface area contributed by atoms with Crippen molar-refractivity contribution in [1.29, 1.82) is 0 Å². The lowest BCUT2D eigenvalue weighted by atomic mass is 9.90. The van der Waals surface area contributed by atoms with Crippen LogP contribution in [-0.2, 0) is 9.53 Å². The lowest BCUT2D eigenvalue weighted by Crippen LogP contribution is -2.50. The van der Waals surface area contributed by atoms with Gasteiger partial charge in [0, 0.05) is 48.4 Å². The standard InChI is InChI=1S/C15H20N2O2S.C6H6/c1-11-9-12(10-20-11)16-7-4-15(5-8-16)14(18)17-6-2-3-13(17)19-15;1-2-4-6-5-3-1/h9-10,13H,2-8H2,1H3;1-6H. The maximum absolute atomic E-state index is 12.6. The molecule has 1 unspecified atom stereocenters. The number of carbonyl (C=O) groups excluding carboxylic acids is 1. The molecule has 1 amide bonds. The Labute approximate surface area is 159 Å². The molecule has 0 N–H and O–H groups in total. The fourth-order valence-corrected chi connectivity index (χ4v) is 4.81. The van der Waals surface area contributed by atoms with E-state index in [9.17, 15) is 4.79 Å². The van der Waals surface area contributed by atoms with E-state index in [1.165, 1.54) is 10.6 Å². The molecule has 0 bridgehead atoms. The zero-order valence-electron chi connectivity index (χ0n) is 15.3. The minimum atomic E-state index is -0.507. The molecule has 3 aliphatic rings. The Morgan fingerprint density at radius 3 is 2.27 bits per heavy atom. The Bertz CT molecular complexity index is 711. The predicted molar refractivity (Wildman–Crippen MR) is 105 cm³/mol. The van der Waals surface area contributed by atoms with Gasteiger partial charge in [0.05, 0.1) is 0 Å². The molecule has 3 saturated heterocycles. The van der Waals surface area contributed by atoms with Gasteiger partial charge < -0.3 is 14.5 Å². The molecular formula is C21H26N2O2S. The molecule has 1 atom stereocenters. The first-order chi connectivity index (χ1) is 12.7. The first-order valence-corrected chi connectivity index (χ1v) is 10.3. The number of piperidine rings is 1. The summed E-state index contributed by atoms with van der Waals surface area (Å²) in [5.74, 6) is 0.251. The molecule has 2 aromatic rings. The van der Waals surface area contributed by atoms with Gasteiger partial charge in [-0.1, -0.05) is 36.4 Å². The van der Waals surface area contributed by atoms with Gasteiger partial charge >= 0.3 is 0 Å². The predicted octanol–water partition coefficient (Wildman–Crippen LogP) is 4.06. The summed E-state index contributed by atoms with van der Waals surface area (Å²) in [4.78, 5) is 18.3. The van der Waals surface area contributed by atoms with Gasteiger partial charge in [-0.05, 0) is 25.8 Å². The van der Waals surface area contributed by atoms with Gasteiger partial charge in [0.1, 0.15) is 6.23 Å². The van der Waals surface area contributed by atoms with E-state index < -0.39 is 5.60 Å². The molecule has 0 radical (unpaired) electrons. The van der Waals surface area contributed by atoms with E-state index in [-0.39, 0.29) is 12.1 Å². The first-order valence-electron chi connectivity index (χ1n) is 9.47. The second-order valence-corrected chi connectivity index (χ2v) is 8.38. The molecule has 3 fully saturated rings. The summed E-state index contributed by atoms with van der Waals surface area (Å²) in [5.41, 5.74) is 0.792. The maximum Gasteiger partial charge on any atom is 0.257 e. The highest BCUT2D eigenvalue weighted by Crippen LogP contribution is 2.41. The third kappa shape index (κ3) is 3.38. The van der Waals surface area contributed by atoms with Crippen molar-refractivity contribution < 1.29 is 9.53 Å². The quantitative estimate of drug-likeness (QED) is 0.759. The van der Waals surface area contributed by atoms with Crippen LogP contribution in [0.15, 0.2) is 47.8 Å². The number of aryl methyl sites for hydroxylation is 1. The molecule has 1 aromatic carbocycles. The van der Waals surface area contributed by atoms with Crippen molar-refractivity contribution >= 4 is 22.9 Å². The van der Waals surface area contributed by atoms with E-state index in [0.29, 0.717) is 0 Å². The summed E-state index contributed by atoms with van der Waals surface area (Å²) < 4.78 is 6.17. The van der Waals surface area contributed by atoms with Crippen molar-refractivity contribution in [3.05, 3.63) is 52.7 Å².